The lowest BCUT2D eigenvalue weighted by molar-refractivity contribution is -0.152. The number of ether oxygens (including phenoxy) is 1. The molecule has 114 valence electrons. The molecule has 2 bridgehead atoms. The third-order valence-corrected chi connectivity index (χ3v) is 4.91. The molecule has 0 aromatic carbocycles. The summed E-state index contributed by atoms with van der Waals surface area (Å²) in [6.45, 7) is 0. The zero-order valence-electron chi connectivity index (χ0n) is 11.6. The first-order valence-electron chi connectivity index (χ1n) is 7.00. The second kappa shape index (κ2) is 5.93. The van der Waals surface area contributed by atoms with Gasteiger partial charge < -0.3 is 10.1 Å². The molecule has 2 atom stereocenters. The number of anilines is 1. The smallest absolute Gasteiger partial charge is 0.311 e. The molecule has 1 heterocycles. The standard InChI is InChI=1S/C13H16Cl2N4O2/c1-21-10(20)8-6-2-4-7(5-3-6)9(8)16-13-18-11(14)17-12(15)19-13/h6-9H,2-5H2,1H3,(H,16,17,18,19)/t6?,7?,8-,9-/m0/s1. The van der Waals surface area contributed by atoms with E-state index in [1.165, 1.54) is 7.11 Å². The van der Waals surface area contributed by atoms with E-state index >= 15 is 0 Å². The number of nitrogens with one attached hydrogen (secondary N) is 1. The van der Waals surface area contributed by atoms with Crippen molar-refractivity contribution in [2.45, 2.75) is 31.7 Å². The minimum Gasteiger partial charge on any atom is -0.469 e. The van der Waals surface area contributed by atoms with E-state index in [4.69, 9.17) is 27.9 Å². The average Bonchev–Trinajstić information content (AvgIpc) is 2.46. The number of methoxy groups -OCH3 is 1. The molecule has 3 aliphatic carbocycles. The molecule has 0 radical (unpaired) electrons. The van der Waals surface area contributed by atoms with Gasteiger partial charge in [-0.2, -0.15) is 15.0 Å². The van der Waals surface area contributed by atoms with Gasteiger partial charge in [-0.3, -0.25) is 4.79 Å². The normalized spacial score (nSPS) is 31.0. The van der Waals surface area contributed by atoms with E-state index in [9.17, 15) is 4.79 Å². The summed E-state index contributed by atoms with van der Waals surface area (Å²) in [5.41, 5.74) is 0. The predicted octanol–water partition coefficient (Wildman–Crippen LogP) is 2.57. The Morgan fingerprint density at radius 1 is 1.10 bits per heavy atom. The number of hydrogen-bond donors (Lipinski definition) is 1. The van der Waals surface area contributed by atoms with Crippen LogP contribution in [0.2, 0.25) is 10.6 Å². The topological polar surface area (TPSA) is 77.0 Å². The van der Waals surface area contributed by atoms with Crippen molar-refractivity contribution in [3.8, 4) is 0 Å². The average molecular weight is 331 g/mol. The maximum Gasteiger partial charge on any atom is 0.311 e. The molecule has 3 saturated carbocycles. The number of aromatic nitrogens is 3. The Kier molecular flexibility index (Phi) is 4.17. The van der Waals surface area contributed by atoms with Crippen molar-refractivity contribution >= 4 is 35.1 Å². The second-order valence-corrected chi connectivity index (χ2v) is 6.27. The molecule has 4 rings (SSSR count). The van der Waals surface area contributed by atoms with Gasteiger partial charge in [-0.25, -0.2) is 0 Å². The van der Waals surface area contributed by atoms with Crippen molar-refractivity contribution in [2.24, 2.45) is 17.8 Å². The van der Waals surface area contributed by atoms with Gasteiger partial charge in [0.1, 0.15) is 0 Å². The Labute approximate surface area is 132 Å². The zero-order chi connectivity index (χ0) is 15.0. The number of esters is 1. The summed E-state index contributed by atoms with van der Waals surface area (Å²) in [6.07, 6.45) is 4.34. The summed E-state index contributed by atoms with van der Waals surface area (Å²) in [6, 6.07) is -0.0421. The highest BCUT2D eigenvalue weighted by atomic mass is 35.5. The number of carbonyl (C=O) groups excluding carboxylic acids is 1. The number of hydrogen-bond acceptors (Lipinski definition) is 6. The van der Waals surface area contributed by atoms with Gasteiger partial charge in [-0.1, -0.05) is 0 Å². The van der Waals surface area contributed by atoms with E-state index in [1.54, 1.807) is 0 Å². The summed E-state index contributed by atoms with van der Waals surface area (Å²) in [5, 5.41) is 3.30. The molecule has 0 aliphatic heterocycles. The summed E-state index contributed by atoms with van der Waals surface area (Å²) in [5.74, 6) is 0.734. The molecular formula is C13H16Cl2N4O2. The van der Waals surface area contributed by atoms with Crippen LogP contribution in [0.5, 0.6) is 0 Å². The second-order valence-electron chi connectivity index (χ2n) is 5.59. The Hall–Kier alpha value is -1.14. The molecule has 0 spiro atoms. The number of fused-ring (bicyclic) bond motifs is 3. The van der Waals surface area contributed by atoms with Crippen LogP contribution < -0.4 is 5.32 Å². The van der Waals surface area contributed by atoms with Gasteiger partial charge >= 0.3 is 5.97 Å². The molecule has 8 heteroatoms. The predicted molar refractivity (Wildman–Crippen MR) is 78.2 cm³/mol. The molecule has 1 aromatic rings. The van der Waals surface area contributed by atoms with Crippen LogP contribution in [0.4, 0.5) is 5.95 Å². The highest BCUT2D eigenvalue weighted by Gasteiger charge is 2.48. The van der Waals surface area contributed by atoms with E-state index in [0.717, 1.165) is 25.7 Å². The molecule has 3 fully saturated rings. The number of halogens is 2. The van der Waals surface area contributed by atoms with Crippen LogP contribution in [0.1, 0.15) is 25.7 Å². The fourth-order valence-electron chi connectivity index (χ4n) is 3.67. The quantitative estimate of drug-likeness (QED) is 0.858. The Bertz CT molecular complexity index is 529. The Morgan fingerprint density at radius 3 is 2.24 bits per heavy atom. The maximum absolute atomic E-state index is 12.1. The van der Waals surface area contributed by atoms with Gasteiger partial charge in [0.05, 0.1) is 13.0 Å². The van der Waals surface area contributed by atoms with Gasteiger partial charge in [0, 0.05) is 6.04 Å². The Morgan fingerprint density at radius 2 is 1.67 bits per heavy atom. The van der Waals surface area contributed by atoms with Gasteiger partial charge in [-0.15, -0.1) is 0 Å². The summed E-state index contributed by atoms with van der Waals surface area (Å²) in [7, 11) is 1.43. The molecule has 6 nitrogen and oxygen atoms in total. The number of nitrogens with zero attached hydrogens (tertiary/aromatic N) is 3. The fourth-order valence-corrected chi connectivity index (χ4v) is 4.04. The Balaban J connectivity index is 1.85. The maximum atomic E-state index is 12.1. The lowest BCUT2D eigenvalue weighted by atomic mass is 9.61. The van der Waals surface area contributed by atoms with E-state index in [-0.39, 0.29) is 28.5 Å². The van der Waals surface area contributed by atoms with Crippen molar-refractivity contribution in [3.63, 3.8) is 0 Å². The zero-order valence-corrected chi connectivity index (χ0v) is 13.1. The molecular weight excluding hydrogens is 315 g/mol. The molecule has 21 heavy (non-hydrogen) atoms. The van der Waals surface area contributed by atoms with E-state index in [2.05, 4.69) is 20.3 Å². The van der Waals surface area contributed by atoms with Crippen molar-refractivity contribution in [2.75, 3.05) is 12.4 Å². The van der Waals surface area contributed by atoms with Crippen molar-refractivity contribution in [1.82, 2.24) is 15.0 Å². The molecule has 0 saturated heterocycles. The molecule has 1 N–H and O–H groups in total. The highest BCUT2D eigenvalue weighted by molar-refractivity contribution is 6.31. The summed E-state index contributed by atoms with van der Waals surface area (Å²) < 4.78 is 4.97. The number of rotatable bonds is 3. The fraction of sp³-hybridized carbons (Fsp3) is 0.692. The minimum absolute atomic E-state index is 0.0353. The van der Waals surface area contributed by atoms with E-state index < -0.39 is 0 Å². The van der Waals surface area contributed by atoms with Crippen LogP contribution >= 0.6 is 23.2 Å². The van der Waals surface area contributed by atoms with Crippen LogP contribution in [0.25, 0.3) is 0 Å². The summed E-state index contributed by atoms with van der Waals surface area (Å²) >= 11 is 11.6. The van der Waals surface area contributed by atoms with Crippen LogP contribution in [0.3, 0.4) is 0 Å². The van der Waals surface area contributed by atoms with Crippen molar-refractivity contribution in [3.05, 3.63) is 10.6 Å². The van der Waals surface area contributed by atoms with Crippen molar-refractivity contribution < 1.29 is 9.53 Å². The van der Waals surface area contributed by atoms with Crippen LogP contribution in [0.15, 0.2) is 0 Å². The monoisotopic (exact) mass is 330 g/mol. The summed E-state index contributed by atoms with van der Waals surface area (Å²) in [4.78, 5) is 23.9. The minimum atomic E-state index is -0.173. The van der Waals surface area contributed by atoms with Gasteiger partial charge in [0.25, 0.3) is 0 Å². The van der Waals surface area contributed by atoms with E-state index in [1.807, 2.05) is 0 Å². The lowest BCUT2D eigenvalue weighted by Gasteiger charge is -2.47. The van der Waals surface area contributed by atoms with E-state index in [0.29, 0.717) is 17.8 Å². The molecule has 0 unspecified atom stereocenters. The number of carbonyl (C=O) groups is 1. The van der Waals surface area contributed by atoms with Crippen molar-refractivity contribution in [1.29, 1.82) is 0 Å². The molecule has 1 aromatic heterocycles. The highest BCUT2D eigenvalue weighted by Crippen LogP contribution is 2.46. The first-order chi connectivity index (χ1) is 10.1. The SMILES string of the molecule is COC(=O)[C@H]1C2CCC(CC2)[C@@H]1Nc1nc(Cl)nc(Cl)n1. The lowest BCUT2D eigenvalue weighted by Crippen LogP contribution is -2.52. The largest absolute Gasteiger partial charge is 0.469 e. The van der Waals surface area contributed by atoms with Gasteiger partial charge in [0.2, 0.25) is 16.5 Å². The van der Waals surface area contributed by atoms with Crippen LogP contribution in [0, 0.1) is 17.8 Å². The van der Waals surface area contributed by atoms with Crippen LogP contribution in [-0.4, -0.2) is 34.1 Å². The van der Waals surface area contributed by atoms with Crippen LogP contribution in [-0.2, 0) is 9.53 Å². The molecule has 3 aliphatic rings. The van der Waals surface area contributed by atoms with Gasteiger partial charge in [0.15, 0.2) is 0 Å². The first kappa shape index (κ1) is 14.8. The third kappa shape index (κ3) is 2.92. The third-order valence-electron chi connectivity index (χ3n) is 4.57. The molecule has 0 amide bonds. The van der Waals surface area contributed by atoms with Gasteiger partial charge in [-0.05, 0) is 60.7 Å². The first-order valence-corrected chi connectivity index (χ1v) is 7.75.